The molecule has 0 fully saturated rings. The average molecular weight is 445 g/mol. The maximum atomic E-state index is 6.42. The summed E-state index contributed by atoms with van der Waals surface area (Å²) >= 11 is 6.42. The third kappa shape index (κ3) is 3.83. The first kappa shape index (κ1) is 20.2. The first-order valence-electron chi connectivity index (χ1n) is 10.2. The van der Waals surface area contributed by atoms with E-state index in [0.717, 1.165) is 33.4 Å². The molecule has 1 unspecified atom stereocenters. The third-order valence-corrected chi connectivity index (χ3v) is 5.71. The molecule has 7 nitrogen and oxygen atoms in total. The second-order valence-electron chi connectivity index (χ2n) is 7.54. The number of hydrogen-bond acceptors (Lipinski definition) is 6. The van der Waals surface area contributed by atoms with Crippen LogP contribution in [-0.4, -0.2) is 31.6 Å². The summed E-state index contributed by atoms with van der Waals surface area (Å²) in [5.74, 6) is 1.48. The minimum absolute atomic E-state index is 0.123. The number of methoxy groups -OCH3 is 1. The molecule has 0 saturated carbocycles. The molecule has 0 aliphatic carbocycles. The number of pyridine rings is 1. The number of imidazole rings is 1. The van der Waals surface area contributed by atoms with Crippen LogP contribution in [0.5, 0.6) is 5.75 Å². The van der Waals surface area contributed by atoms with E-state index >= 15 is 0 Å². The van der Waals surface area contributed by atoms with E-state index < -0.39 is 0 Å². The van der Waals surface area contributed by atoms with Crippen molar-refractivity contribution in [2.24, 2.45) is 0 Å². The number of aromatic nitrogens is 5. The van der Waals surface area contributed by atoms with Crippen molar-refractivity contribution in [3.8, 4) is 5.75 Å². The van der Waals surface area contributed by atoms with Crippen LogP contribution in [0, 0.1) is 0 Å². The van der Waals surface area contributed by atoms with Crippen LogP contribution in [0.3, 0.4) is 0 Å². The van der Waals surface area contributed by atoms with Crippen LogP contribution >= 0.6 is 11.6 Å². The normalized spacial score (nSPS) is 12.2. The molecule has 1 atom stereocenters. The number of benzene rings is 2. The molecule has 0 aliphatic rings. The highest BCUT2D eigenvalue weighted by Crippen LogP contribution is 2.28. The summed E-state index contributed by atoms with van der Waals surface area (Å²) in [4.78, 5) is 18.0. The zero-order valence-corrected chi connectivity index (χ0v) is 18.4. The summed E-state index contributed by atoms with van der Waals surface area (Å²) in [5.41, 5.74) is 3.43. The van der Waals surface area contributed by atoms with Crippen LogP contribution in [0.15, 0.2) is 67.3 Å². The molecule has 0 radical (unpaired) electrons. The lowest BCUT2D eigenvalue weighted by Crippen LogP contribution is -2.11. The van der Waals surface area contributed by atoms with E-state index in [4.69, 9.17) is 16.3 Å². The lowest BCUT2D eigenvalue weighted by atomic mass is 10.1. The maximum absolute atomic E-state index is 6.42. The Bertz CT molecular complexity index is 1400. The van der Waals surface area contributed by atoms with Crippen molar-refractivity contribution >= 4 is 39.4 Å². The fraction of sp³-hybridized carbons (Fsp3) is 0.167. The van der Waals surface area contributed by atoms with E-state index in [1.54, 1.807) is 19.8 Å². The summed E-state index contributed by atoms with van der Waals surface area (Å²) in [5, 5.41) is 5.90. The number of hydrogen-bond donors (Lipinski definition) is 1. The highest BCUT2D eigenvalue weighted by molar-refractivity contribution is 6.34. The van der Waals surface area contributed by atoms with Crippen LogP contribution in [0.4, 0.5) is 5.82 Å². The van der Waals surface area contributed by atoms with Crippen molar-refractivity contribution in [1.82, 2.24) is 24.5 Å². The van der Waals surface area contributed by atoms with Crippen LogP contribution < -0.4 is 10.1 Å². The van der Waals surface area contributed by atoms with Gasteiger partial charge in [-0.15, -0.1) is 0 Å². The Labute approximate surface area is 190 Å². The fourth-order valence-electron chi connectivity index (χ4n) is 3.71. The van der Waals surface area contributed by atoms with Crippen molar-refractivity contribution in [2.75, 3.05) is 12.4 Å². The first-order valence-corrected chi connectivity index (χ1v) is 10.6. The highest BCUT2D eigenvalue weighted by Gasteiger charge is 2.15. The smallest absolute Gasteiger partial charge is 0.165 e. The van der Waals surface area contributed by atoms with Gasteiger partial charge < -0.3 is 14.6 Å². The summed E-state index contributed by atoms with van der Waals surface area (Å²) < 4.78 is 7.23. The lowest BCUT2D eigenvalue weighted by Gasteiger charge is -2.15. The lowest BCUT2D eigenvalue weighted by molar-refractivity contribution is 0.414. The molecule has 0 saturated heterocycles. The van der Waals surface area contributed by atoms with Gasteiger partial charge in [-0.3, -0.25) is 0 Å². The molecule has 5 aromatic rings. The number of halogens is 1. The predicted molar refractivity (Wildman–Crippen MR) is 126 cm³/mol. The molecule has 0 bridgehead atoms. The van der Waals surface area contributed by atoms with Crippen LogP contribution in [-0.2, 0) is 6.54 Å². The van der Waals surface area contributed by atoms with Crippen LogP contribution in [0.25, 0.3) is 21.9 Å². The van der Waals surface area contributed by atoms with Gasteiger partial charge in [0.1, 0.15) is 22.7 Å². The monoisotopic (exact) mass is 444 g/mol. The first-order chi connectivity index (χ1) is 15.6. The quantitative estimate of drug-likeness (QED) is 0.360. The second kappa shape index (κ2) is 8.43. The van der Waals surface area contributed by atoms with Crippen molar-refractivity contribution < 1.29 is 4.74 Å². The predicted octanol–water partition coefficient (Wildman–Crippen LogP) is 5.26. The molecule has 1 N–H and O–H groups in total. The van der Waals surface area contributed by atoms with Gasteiger partial charge in [-0.25, -0.2) is 19.9 Å². The van der Waals surface area contributed by atoms with Crippen LogP contribution in [0.1, 0.15) is 24.2 Å². The second-order valence-corrected chi connectivity index (χ2v) is 7.90. The van der Waals surface area contributed by atoms with Crippen molar-refractivity contribution in [3.63, 3.8) is 0 Å². The fourth-order valence-corrected chi connectivity index (χ4v) is 3.98. The number of anilines is 1. The van der Waals surface area contributed by atoms with Gasteiger partial charge in [-0.2, -0.15) is 0 Å². The molecule has 5 rings (SSSR count). The van der Waals surface area contributed by atoms with Gasteiger partial charge in [0.15, 0.2) is 11.5 Å². The minimum atomic E-state index is -0.123. The number of rotatable bonds is 6. The van der Waals surface area contributed by atoms with Gasteiger partial charge in [0.2, 0.25) is 0 Å². The average Bonchev–Trinajstić information content (AvgIpc) is 3.23. The summed E-state index contributed by atoms with van der Waals surface area (Å²) in [6.45, 7) is 2.67. The zero-order valence-electron chi connectivity index (χ0n) is 17.7. The van der Waals surface area contributed by atoms with E-state index in [9.17, 15) is 0 Å². The molecule has 32 heavy (non-hydrogen) atoms. The van der Waals surface area contributed by atoms with Gasteiger partial charge >= 0.3 is 0 Å². The molecule has 3 heterocycles. The molecular weight excluding hydrogens is 424 g/mol. The number of nitrogens with zero attached hydrogens (tertiary/aromatic N) is 5. The largest absolute Gasteiger partial charge is 0.497 e. The topological polar surface area (TPSA) is 77.8 Å². The molecule has 160 valence electrons. The summed E-state index contributed by atoms with van der Waals surface area (Å²) in [7, 11) is 1.66. The molecular formula is C24H21ClN6O. The highest BCUT2D eigenvalue weighted by atomic mass is 35.5. The van der Waals surface area contributed by atoms with Crippen LogP contribution in [0.2, 0.25) is 5.15 Å². The molecule has 2 aromatic carbocycles. The van der Waals surface area contributed by atoms with Gasteiger partial charge in [0, 0.05) is 5.39 Å². The molecule has 0 amide bonds. The Morgan fingerprint density at radius 1 is 1.06 bits per heavy atom. The van der Waals surface area contributed by atoms with Crippen molar-refractivity contribution in [3.05, 3.63) is 83.7 Å². The number of nitrogens with one attached hydrogen (secondary N) is 1. The van der Waals surface area contributed by atoms with Gasteiger partial charge in [-0.05, 0) is 36.1 Å². The summed E-state index contributed by atoms with van der Waals surface area (Å²) in [6.07, 6.45) is 3.33. The SMILES string of the molecule is COc1ccc(Cn2cnc3c(NC(C)c4cc5ccccc5c(Cl)n4)ncnc32)cc1. The van der Waals surface area contributed by atoms with Gasteiger partial charge in [0.05, 0.1) is 31.7 Å². The Hall–Kier alpha value is -3.71. The van der Waals surface area contributed by atoms with E-state index in [1.807, 2.05) is 66.1 Å². The third-order valence-electron chi connectivity index (χ3n) is 5.42. The zero-order chi connectivity index (χ0) is 22.1. The Morgan fingerprint density at radius 2 is 1.88 bits per heavy atom. The molecule has 3 aromatic heterocycles. The number of fused-ring (bicyclic) bond motifs is 2. The standard InChI is InChI=1S/C24H21ClN6O/c1-15(20-11-17-5-3-4-6-19(17)22(25)30-20)29-23-21-24(27-13-26-23)31(14-28-21)12-16-7-9-18(32-2)10-8-16/h3-11,13-15H,12H2,1-2H3,(H,26,27,29). The van der Waals surface area contributed by atoms with E-state index in [-0.39, 0.29) is 6.04 Å². The Kier molecular flexibility index (Phi) is 5.33. The van der Waals surface area contributed by atoms with Gasteiger partial charge in [-0.1, -0.05) is 48.0 Å². The van der Waals surface area contributed by atoms with Crippen molar-refractivity contribution in [2.45, 2.75) is 19.5 Å². The van der Waals surface area contributed by atoms with E-state index in [1.165, 1.54) is 0 Å². The van der Waals surface area contributed by atoms with Crippen molar-refractivity contribution in [1.29, 1.82) is 0 Å². The molecule has 0 aliphatic heterocycles. The number of ether oxygens (including phenoxy) is 1. The van der Waals surface area contributed by atoms with E-state index in [2.05, 4.69) is 25.3 Å². The maximum Gasteiger partial charge on any atom is 0.165 e. The Morgan fingerprint density at radius 3 is 2.69 bits per heavy atom. The minimum Gasteiger partial charge on any atom is -0.497 e. The molecule has 8 heteroatoms. The Balaban J connectivity index is 1.42. The van der Waals surface area contributed by atoms with Gasteiger partial charge in [0.25, 0.3) is 0 Å². The molecule has 0 spiro atoms. The van der Waals surface area contributed by atoms with E-state index in [0.29, 0.717) is 23.0 Å². The summed E-state index contributed by atoms with van der Waals surface area (Å²) in [6, 6.07) is 17.8.